The highest BCUT2D eigenvalue weighted by molar-refractivity contribution is 6.34. The molecule has 1 aromatic carbocycles. The van der Waals surface area contributed by atoms with Gasteiger partial charge in [-0.3, -0.25) is 14.9 Å². The van der Waals surface area contributed by atoms with Crippen LogP contribution in [0, 0.1) is 17.0 Å². The first-order valence-corrected chi connectivity index (χ1v) is 7.58. The van der Waals surface area contributed by atoms with Crippen molar-refractivity contribution in [3.8, 4) is 0 Å². The van der Waals surface area contributed by atoms with E-state index in [-0.39, 0.29) is 27.2 Å². The van der Waals surface area contributed by atoms with E-state index in [4.69, 9.17) is 27.9 Å². The standard InChI is InChI=1S/C15H11Cl2N3O5/c1-8-3-2-4-10(20(23)24)13(8)19-12(21)7-25-15(22)14-9(16)5-6-11(17)18-14/h2-6H,7H2,1H3,(H,19,21). The molecule has 2 rings (SSSR count). The maximum atomic E-state index is 11.9. The number of nitrogens with zero attached hydrogens (tertiary/aromatic N) is 2. The third-order valence-corrected chi connectivity index (χ3v) is 3.57. The van der Waals surface area contributed by atoms with Crippen LogP contribution < -0.4 is 5.32 Å². The molecule has 0 saturated heterocycles. The average Bonchev–Trinajstić information content (AvgIpc) is 2.56. The van der Waals surface area contributed by atoms with Gasteiger partial charge in [-0.2, -0.15) is 0 Å². The van der Waals surface area contributed by atoms with Gasteiger partial charge < -0.3 is 10.1 Å². The fourth-order valence-corrected chi connectivity index (χ4v) is 2.23. The maximum absolute atomic E-state index is 11.9. The van der Waals surface area contributed by atoms with Crippen LogP contribution in [-0.4, -0.2) is 28.4 Å². The van der Waals surface area contributed by atoms with Crippen molar-refractivity contribution >= 4 is 46.5 Å². The van der Waals surface area contributed by atoms with Crippen molar-refractivity contribution < 1.29 is 19.2 Å². The van der Waals surface area contributed by atoms with Crippen LogP contribution in [0.3, 0.4) is 0 Å². The van der Waals surface area contributed by atoms with Crippen molar-refractivity contribution in [2.75, 3.05) is 11.9 Å². The van der Waals surface area contributed by atoms with Gasteiger partial charge in [0.2, 0.25) is 0 Å². The topological polar surface area (TPSA) is 111 Å². The Morgan fingerprint density at radius 2 is 2.00 bits per heavy atom. The molecular weight excluding hydrogens is 373 g/mol. The third kappa shape index (κ3) is 4.65. The zero-order chi connectivity index (χ0) is 18.6. The molecule has 1 N–H and O–H groups in total. The highest BCUT2D eigenvalue weighted by Crippen LogP contribution is 2.27. The molecule has 0 fully saturated rings. The van der Waals surface area contributed by atoms with Crippen LogP contribution >= 0.6 is 23.2 Å². The van der Waals surface area contributed by atoms with Crippen molar-refractivity contribution in [1.82, 2.24) is 4.98 Å². The molecule has 0 atom stereocenters. The number of anilines is 1. The number of rotatable bonds is 5. The highest BCUT2D eigenvalue weighted by Gasteiger charge is 2.20. The van der Waals surface area contributed by atoms with Crippen molar-refractivity contribution in [3.05, 3.63) is 61.9 Å². The Labute approximate surface area is 151 Å². The summed E-state index contributed by atoms with van der Waals surface area (Å²) in [4.78, 5) is 38.0. The van der Waals surface area contributed by atoms with Gasteiger partial charge in [0, 0.05) is 6.07 Å². The molecule has 0 spiro atoms. The van der Waals surface area contributed by atoms with E-state index in [2.05, 4.69) is 10.3 Å². The second-order valence-corrected chi connectivity index (χ2v) is 5.61. The number of halogens is 2. The zero-order valence-corrected chi connectivity index (χ0v) is 14.3. The third-order valence-electron chi connectivity index (χ3n) is 3.05. The lowest BCUT2D eigenvalue weighted by atomic mass is 10.1. The number of benzene rings is 1. The highest BCUT2D eigenvalue weighted by atomic mass is 35.5. The van der Waals surface area contributed by atoms with E-state index in [0.717, 1.165) is 0 Å². The number of aryl methyl sites for hydroxylation is 1. The Kier molecular flexibility index (Phi) is 5.89. The number of hydrogen-bond donors (Lipinski definition) is 1. The van der Waals surface area contributed by atoms with Crippen molar-refractivity contribution in [2.45, 2.75) is 6.92 Å². The number of nitrogens with one attached hydrogen (secondary N) is 1. The lowest BCUT2D eigenvalue weighted by Gasteiger charge is -2.09. The van der Waals surface area contributed by atoms with E-state index in [1.807, 2.05) is 0 Å². The Balaban J connectivity index is 2.06. The largest absolute Gasteiger partial charge is 0.451 e. The maximum Gasteiger partial charge on any atom is 0.359 e. The molecule has 1 aromatic heterocycles. The van der Waals surface area contributed by atoms with Gasteiger partial charge in [0.15, 0.2) is 12.3 Å². The minimum absolute atomic E-state index is 0.0179. The van der Waals surface area contributed by atoms with E-state index in [1.54, 1.807) is 13.0 Å². The van der Waals surface area contributed by atoms with Gasteiger partial charge in [0.05, 0.1) is 9.95 Å². The number of amides is 1. The Bertz CT molecular complexity index is 857. The van der Waals surface area contributed by atoms with Gasteiger partial charge in [0.1, 0.15) is 10.8 Å². The first kappa shape index (κ1) is 18.6. The van der Waals surface area contributed by atoms with Crippen LogP contribution in [0.4, 0.5) is 11.4 Å². The molecule has 1 heterocycles. The predicted octanol–water partition coefficient (Wildman–Crippen LogP) is 3.40. The molecule has 2 aromatic rings. The smallest absolute Gasteiger partial charge is 0.359 e. The van der Waals surface area contributed by atoms with Gasteiger partial charge in [-0.1, -0.05) is 35.3 Å². The number of hydrogen-bond acceptors (Lipinski definition) is 6. The quantitative estimate of drug-likeness (QED) is 0.366. The van der Waals surface area contributed by atoms with E-state index in [9.17, 15) is 19.7 Å². The van der Waals surface area contributed by atoms with Crippen molar-refractivity contribution in [1.29, 1.82) is 0 Å². The molecule has 0 aliphatic carbocycles. The van der Waals surface area contributed by atoms with Crippen LogP contribution in [0.5, 0.6) is 0 Å². The molecule has 0 unspecified atom stereocenters. The SMILES string of the molecule is Cc1cccc([N+](=O)[O-])c1NC(=O)COC(=O)c1nc(Cl)ccc1Cl. The number of esters is 1. The van der Waals surface area contributed by atoms with E-state index in [1.165, 1.54) is 24.3 Å². The van der Waals surface area contributed by atoms with Crippen molar-refractivity contribution in [2.24, 2.45) is 0 Å². The normalized spacial score (nSPS) is 10.2. The molecule has 0 aliphatic rings. The molecule has 10 heteroatoms. The number of carbonyl (C=O) groups is 2. The molecule has 0 saturated carbocycles. The Morgan fingerprint density at radius 3 is 2.68 bits per heavy atom. The fraction of sp³-hybridized carbons (Fsp3) is 0.133. The van der Waals surface area contributed by atoms with E-state index in [0.29, 0.717) is 5.56 Å². The summed E-state index contributed by atoms with van der Waals surface area (Å²) in [7, 11) is 0. The van der Waals surface area contributed by atoms with Crippen LogP contribution in [0.15, 0.2) is 30.3 Å². The number of para-hydroxylation sites is 1. The molecule has 25 heavy (non-hydrogen) atoms. The van der Waals surface area contributed by atoms with Crippen LogP contribution in [0.1, 0.15) is 16.1 Å². The minimum atomic E-state index is -0.943. The molecule has 8 nitrogen and oxygen atoms in total. The number of carbonyl (C=O) groups excluding carboxylic acids is 2. The first-order chi connectivity index (χ1) is 11.8. The van der Waals surface area contributed by atoms with Gasteiger partial charge in [-0.05, 0) is 24.6 Å². The second kappa shape index (κ2) is 7.91. The molecule has 0 bridgehead atoms. The summed E-state index contributed by atoms with van der Waals surface area (Å²) in [6.07, 6.45) is 0. The van der Waals surface area contributed by atoms with Gasteiger partial charge in [0.25, 0.3) is 11.6 Å². The molecule has 0 radical (unpaired) electrons. The summed E-state index contributed by atoms with van der Waals surface area (Å²) in [5.41, 5.74) is 0.0314. The molecule has 0 aliphatic heterocycles. The number of aromatic nitrogens is 1. The summed E-state index contributed by atoms with van der Waals surface area (Å²) in [5, 5.41) is 13.4. The van der Waals surface area contributed by atoms with Crippen molar-refractivity contribution in [3.63, 3.8) is 0 Å². The summed E-state index contributed by atoms with van der Waals surface area (Å²) < 4.78 is 4.81. The lowest BCUT2D eigenvalue weighted by molar-refractivity contribution is -0.384. The van der Waals surface area contributed by atoms with E-state index < -0.39 is 23.4 Å². The number of pyridine rings is 1. The predicted molar refractivity (Wildman–Crippen MR) is 91.0 cm³/mol. The Morgan fingerprint density at radius 1 is 1.28 bits per heavy atom. The van der Waals surface area contributed by atoms with Crippen LogP contribution in [0.2, 0.25) is 10.2 Å². The summed E-state index contributed by atoms with van der Waals surface area (Å²) in [6.45, 7) is 0.930. The fourth-order valence-electron chi connectivity index (χ4n) is 1.90. The zero-order valence-electron chi connectivity index (χ0n) is 12.8. The first-order valence-electron chi connectivity index (χ1n) is 6.82. The second-order valence-electron chi connectivity index (χ2n) is 4.81. The number of nitro benzene ring substituents is 1. The lowest BCUT2D eigenvalue weighted by Crippen LogP contribution is -2.22. The molecule has 130 valence electrons. The number of ether oxygens (including phenoxy) is 1. The Hall–Kier alpha value is -2.71. The monoisotopic (exact) mass is 383 g/mol. The van der Waals surface area contributed by atoms with Gasteiger partial charge in [-0.15, -0.1) is 0 Å². The molecule has 1 amide bonds. The summed E-state index contributed by atoms with van der Waals surface area (Å²) in [6, 6.07) is 7.11. The van der Waals surface area contributed by atoms with Crippen LogP contribution in [-0.2, 0) is 9.53 Å². The van der Waals surface area contributed by atoms with Crippen LogP contribution in [0.25, 0.3) is 0 Å². The minimum Gasteiger partial charge on any atom is -0.451 e. The average molecular weight is 384 g/mol. The summed E-state index contributed by atoms with van der Waals surface area (Å²) >= 11 is 11.5. The van der Waals surface area contributed by atoms with E-state index >= 15 is 0 Å². The van der Waals surface area contributed by atoms with Gasteiger partial charge in [-0.25, -0.2) is 9.78 Å². The molecular formula is C15H11Cl2N3O5. The summed E-state index contributed by atoms with van der Waals surface area (Å²) in [5.74, 6) is -1.69. The van der Waals surface area contributed by atoms with Gasteiger partial charge >= 0.3 is 5.97 Å². The number of nitro groups is 1.